The third kappa shape index (κ3) is 3.72. The molecule has 0 aliphatic rings. The van der Waals surface area contributed by atoms with Crippen LogP contribution in [0.5, 0.6) is 0 Å². The Kier molecular flexibility index (Phi) is 4.90. The Hall–Kier alpha value is -0.570. The van der Waals surface area contributed by atoms with E-state index in [1.807, 2.05) is 0 Å². The second kappa shape index (κ2) is 5.14. The minimum atomic E-state index is 0.0446. The lowest BCUT2D eigenvalue weighted by Gasteiger charge is -2.27. The smallest absolute Gasteiger partial charge is 0.233 e. The van der Waals surface area contributed by atoms with Crippen molar-refractivity contribution in [1.82, 2.24) is 10.6 Å². The summed E-state index contributed by atoms with van der Waals surface area (Å²) >= 11 is 0. The van der Waals surface area contributed by atoms with Crippen LogP contribution in [0.2, 0.25) is 0 Å². The minimum Gasteiger partial charge on any atom is -0.358 e. The van der Waals surface area contributed by atoms with Gasteiger partial charge in [-0.2, -0.15) is 0 Å². The average molecular weight is 172 g/mol. The van der Waals surface area contributed by atoms with Crippen LogP contribution >= 0.6 is 0 Å². The molecule has 0 aromatic rings. The van der Waals surface area contributed by atoms with Crippen LogP contribution in [0.4, 0.5) is 0 Å². The van der Waals surface area contributed by atoms with Crippen LogP contribution in [0, 0.1) is 0 Å². The third-order valence-corrected chi connectivity index (χ3v) is 2.52. The maximum Gasteiger partial charge on any atom is 0.233 e. The molecule has 3 nitrogen and oxygen atoms in total. The first-order valence-electron chi connectivity index (χ1n) is 4.53. The molecule has 0 heterocycles. The number of rotatable bonds is 5. The van der Waals surface area contributed by atoms with Crippen LogP contribution in [-0.4, -0.2) is 25.0 Å². The molecule has 0 aromatic heterocycles. The van der Waals surface area contributed by atoms with Crippen molar-refractivity contribution in [3.63, 3.8) is 0 Å². The van der Waals surface area contributed by atoms with Gasteiger partial charge in [-0.15, -0.1) is 0 Å². The Labute approximate surface area is 74.9 Å². The summed E-state index contributed by atoms with van der Waals surface area (Å²) in [5.41, 5.74) is 0.104. The molecule has 0 fully saturated rings. The van der Waals surface area contributed by atoms with E-state index in [4.69, 9.17) is 0 Å². The van der Waals surface area contributed by atoms with Gasteiger partial charge >= 0.3 is 0 Å². The highest BCUT2D eigenvalue weighted by molar-refractivity contribution is 5.77. The van der Waals surface area contributed by atoms with E-state index in [-0.39, 0.29) is 11.4 Å². The molecule has 0 atom stereocenters. The van der Waals surface area contributed by atoms with E-state index in [1.165, 1.54) is 0 Å². The zero-order chi connectivity index (χ0) is 9.61. The van der Waals surface area contributed by atoms with Crippen LogP contribution in [0.25, 0.3) is 0 Å². The molecule has 0 rings (SSSR count). The number of hydrogen-bond donors (Lipinski definition) is 2. The summed E-state index contributed by atoms with van der Waals surface area (Å²) < 4.78 is 0. The molecule has 12 heavy (non-hydrogen) atoms. The molecule has 0 unspecified atom stereocenters. The van der Waals surface area contributed by atoms with Crippen LogP contribution in [-0.2, 0) is 4.79 Å². The van der Waals surface area contributed by atoms with Crippen LogP contribution in [0.3, 0.4) is 0 Å². The lowest BCUT2D eigenvalue weighted by atomic mass is 9.96. The zero-order valence-corrected chi connectivity index (χ0v) is 8.53. The molecule has 0 bridgehead atoms. The summed E-state index contributed by atoms with van der Waals surface area (Å²) in [6.45, 7) is 6.80. The zero-order valence-electron chi connectivity index (χ0n) is 8.53. The van der Waals surface area contributed by atoms with Crippen molar-refractivity contribution in [2.75, 3.05) is 13.6 Å². The molecule has 1 amide bonds. The molecule has 0 aliphatic heterocycles. The monoisotopic (exact) mass is 172 g/mol. The number of amides is 1. The first kappa shape index (κ1) is 11.4. The molecule has 0 radical (unpaired) electrons. The Balaban J connectivity index is 3.80. The van der Waals surface area contributed by atoms with Gasteiger partial charge in [0.15, 0.2) is 0 Å². The Morgan fingerprint density at radius 3 is 2.17 bits per heavy atom. The second-order valence-corrected chi connectivity index (χ2v) is 3.29. The van der Waals surface area contributed by atoms with Crippen LogP contribution in [0.1, 0.15) is 33.6 Å². The van der Waals surface area contributed by atoms with Crippen LogP contribution in [0.15, 0.2) is 0 Å². The number of nitrogens with one attached hydrogen (secondary N) is 2. The van der Waals surface area contributed by atoms with Gasteiger partial charge in [0.25, 0.3) is 0 Å². The molecule has 72 valence electrons. The maximum absolute atomic E-state index is 10.9. The highest BCUT2D eigenvalue weighted by atomic mass is 16.1. The lowest BCUT2D eigenvalue weighted by Crippen LogP contribution is -2.45. The average Bonchev–Trinajstić information content (AvgIpc) is 2.13. The molecular weight excluding hydrogens is 152 g/mol. The van der Waals surface area contributed by atoms with E-state index in [0.717, 1.165) is 12.8 Å². The predicted molar refractivity (Wildman–Crippen MR) is 51.1 cm³/mol. The third-order valence-electron chi connectivity index (χ3n) is 2.52. The van der Waals surface area contributed by atoms with Crippen molar-refractivity contribution in [3.8, 4) is 0 Å². The standard InChI is InChI=1S/C9H20N2O/c1-5-9(3,6-2)11-7-8(12)10-4/h11H,5-7H2,1-4H3,(H,10,12). The van der Waals surface area contributed by atoms with E-state index in [0.29, 0.717) is 6.54 Å². The SMILES string of the molecule is CCC(C)(CC)NCC(=O)NC. The molecule has 0 aliphatic carbocycles. The second-order valence-electron chi connectivity index (χ2n) is 3.29. The van der Waals surface area contributed by atoms with E-state index >= 15 is 0 Å². The first-order valence-corrected chi connectivity index (χ1v) is 4.53. The molecule has 2 N–H and O–H groups in total. The Morgan fingerprint density at radius 1 is 1.33 bits per heavy atom. The summed E-state index contributed by atoms with van der Waals surface area (Å²) in [6.07, 6.45) is 2.08. The Bertz CT molecular complexity index is 141. The maximum atomic E-state index is 10.9. The summed E-state index contributed by atoms with van der Waals surface area (Å²) in [6, 6.07) is 0. The van der Waals surface area contributed by atoms with Crippen molar-refractivity contribution in [3.05, 3.63) is 0 Å². The van der Waals surface area contributed by atoms with E-state index in [2.05, 4.69) is 31.4 Å². The normalized spacial score (nSPS) is 11.3. The largest absolute Gasteiger partial charge is 0.358 e. The number of carbonyl (C=O) groups is 1. The van der Waals surface area contributed by atoms with Gasteiger partial charge in [0.1, 0.15) is 0 Å². The number of carbonyl (C=O) groups excluding carboxylic acids is 1. The molecule has 3 heteroatoms. The highest BCUT2D eigenvalue weighted by Crippen LogP contribution is 2.12. The summed E-state index contributed by atoms with van der Waals surface area (Å²) in [5, 5.41) is 5.82. The topological polar surface area (TPSA) is 41.1 Å². The van der Waals surface area contributed by atoms with Gasteiger partial charge in [-0.25, -0.2) is 0 Å². The molecule has 0 saturated carbocycles. The van der Waals surface area contributed by atoms with E-state index < -0.39 is 0 Å². The van der Waals surface area contributed by atoms with Gasteiger partial charge < -0.3 is 10.6 Å². The van der Waals surface area contributed by atoms with Crippen LogP contribution < -0.4 is 10.6 Å². The minimum absolute atomic E-state index is 0.0446. The van der Waals surface area contributed by atoms with Crippen molar-refractivity contribution in [2.24, 2.45) is 0 Å². The molecule has 0 spiro atoms. The summed E-state index contributed by atoms with van der Waals surface area (Å²) in [7, 11) is 1.65. The fourth-order valence-corrected chi connectivity index (χ4v) is 0.882. The van der Waals surface area contributed by atoms with Gasteiger partial charge in [0, 0.05) is 12.6 Å². The van der Waals surface area contributed by atoms with Crippen molar-refractivity contribution in [2.45, 2.75) is 39.2 Å². The lowest BCUT2D eigenvalue weighted by molar-refractivity contribution is -0.120. The van der Waals surface area contributed by atoms with Gasteiger partial charge in [0.05, 0.1) is 6.54 Å². The van der Waals surface area contributed by atoms with E-state index in [1.54, 1.807) is 7.05 Å². The summed E-state index contributed by atoms with van der Waals surface area (Å²) in [4.78, 5) is 10.9. The van der Waals surface area contributed by atoms with Gasteiger partial charge in [-0.1, -0.05) is 13.8 Å². The van der Waals surface area contributed by atoms with Gasteiger partial charge in [-0.3, -0.25) is 4.79 Å². The molecule has 0 saturated heterocycles. The van der Waals surface area contributed by atoms with Gasteiger partial charge in [0.2, 0.25) is 5.91 Å². The first-order chi connectivity index (χ1) is 5.58. The fourth-order valence-electron chi connectivity index (χ4n) is 0.882. The Morgan fingerprint density at radius 2 is 1.83 bits per heavy atom. The predicted octanol–water partition coefficient (Wildman–Crippen LogP) is 0.901. The highest BCUT2D eigenvalue weighted by Gasteiger charge is 2.18. The van der Waals surface area contributed by atoms with E-state index in [9.17, 15) is 4.79 Å². The molecule has 0 aromatic carbocycles. The van der Waals surface area contributed by atoms with Crippen molar-refractivity contribution >= 4 is 5.91 Å². The number of likely N-dealkylation sites (N-methyl/N-ethyl adjacent to an activating group) is 1. The summed E-state index contributed by atoms with van der Waals surface area (Å²) in [5.74, 6) is 0.0446. The fraction of sp³-hybridized carbons (Fsp3) is 0.889. The van der Waals surface area contributed by atoms with Gasteiger partial charge in [-0.05, 0) is 19.8 Å². The number of hydrogen-bond acceptors (Lipinski definition) is 2. The molecular formula is C9H20N2O. The van der Waals surface area contributed by atoms with Crippen molar-refractivity contribution in [1.29, 1.82) is 0 Å². The van der Waals surface area contributed by atoms with Crippen molar-refractivity contribution < 1.29 is 4.79 Å². The quantitative estimate of drug-likeness (QED) is 0.647.